The summed E-state index contributed by atoms with van der Waals surface area (Å²) in [5.41, 5.74) is 1.40. The highest BCUT2D eigenvalue weighted by atomic mass is 79.9. The van der Waals surface area contributed by atoms with E-state index in [4.69, 9.17) is 4.74 Å². The fourth-order valence-corrected chi connectivity index (χ4v) is 2.11. The Morgan fingerprint density at radius 2 is 2.21 bits per heavy atom. The molecule has 0 unspecified atom stereocenters. The summed E-state index contributed by atoms with van der Waals surface area (Å²) in [5, 5.41) is 0. The number of aromatic nitrogens is 3. The Bertz CT molecular complexity index is 757. The molecule has 2 aromatic heterocycles. The van der Waals surface area contributed by atoms with Crippen LogP contribution in [0.1, 0.15) is 5.56 Å². The van der Waals surface area contributed by atoms with Gasteiger partial charge >= 0.3 is 0 Å². The molecular weight excluding hydrogens is 313 g/mol. The number of rotatable bonds is 2. The van der Waals surface area contributed by atoms with Gasteiger partial charge in [0.2, 0.25) is 5.65 Å². The number of fused-ring (bicyclic) bond motifs is 1. The number of halogens is 2. The molecule has 19 heavy (non-hydrogen) atoms. The first kappa shape index (κ1) is 12.1. The Balaban J connectivity index is 2.10. The van der Waals surface area contributed by atoms with Gasteiger partial charge in [0.1, 0.15) is 16.2 Å². The van der Waals surface area contributed by atoms with Gasteiger partial charge in [0.25, 0.3) is 5.88 Å². The lowest BCUT2D eigenvalue weighted by Gasteiger charge is -2.09. The molecule has 0 saturated heterocycles. The monoisotopic (exact) mass is 321 g/mol. The summed E-state index contributed by atoms with van der Waals surface area (Å²) in [6.45, 7) is 1.84. The van der Waals surface area contributed by atoms with Gasteiger partial charge in [0.05, 0.1) is 0 Å². The van der Waals surface area contributed by atoms with Crippen LogP contribution in [0.5, 0.6) is 11.6 Å². The predicted molar refractivity (Wildman–Crippen MR) is 71.9 cm³/mol. The van der Waals surface area contributed by atoms with Crippen LogP contribution < -0.4 is 4.74 Å². The molecule has 4 nitrogen and oxygen atoms in total. The zero-order chi connectivity index (χ0) is 13.4. The molecule has 3 aromatic rings. The second kappa shape index (κ2) is 4.62. The highest BCUT2D eigenvalue weighted by Crippen LogP contribution is 2.28. The van der Waals surface area contributed by atoms with Crippen molar-refractivity contribution in [1.82, 2.24) is 14.4 Å². The second-order valence-electron chi connectivity index (χ2n) is 4.04. The lowest BCUT2D eigenvalue weighted by Crippen LogP contribution is -1.96. The van der Waals surface area contributed by atoms with E-state index in [1.165, 1.54) is 12.1 Å². The van der Waals surface area contributed by atoms with E-state index >= 15 is 0 Å². The molecule has 0 aliphatic heterocycles. The normalized spacial score (nSPS) is 10.9. The summed E-state index contributed by atoms with van der Waals surface area (Å²) in [6, 6.07) is 4.38. The first-order valence-corrected chi connectivity index (χ1v) is 6.36. The molecule has 0 spiro atoms. The van der Waals surface area contributed by atoms with Crippen LogP contribution in [0.4, 0.5) is 4.39 Å². The Kier molecular flexibility index (Phi) is 2.94. The maximum atomic E-state index is 13.3. The number of hydrogen-bond acceptors (Lipinski definition) is 3. The predicted octanol–water partition coefficient (Wildman–Crippen LogP) is 3.73. The van der Waals surface area contributed by atoms with Crippen LogP contribution in [0.2, 0.25) is 0 Å². The summed E-state index contributed by atoms with van der Waals surface area (Å²) >= 11 is 3.30. The fraction of sp³-hybridized carbons (Fsp3) is 0.0769. The van der Waals surface area contributed by atoms with E-state index < -0.39 is 0 Å². The van der Waals surface area contributed by atoms with Crippen LogP contribution in [0, 0.1) is 12.7 Å². The maximum absolute atomic E-state index is 13.3. The number of nitrogens with zero attached hydrogens (tertiary/aromatic N) is 3. The molecule has 0 radical (unpaired) electrons. The van der Waals surface area contributed by atoms with Crippen molar-refractivity contribution in [2.75, 3.05) is 0 Å². The van der Waals surface area contributed by atoms with Gasteiger partial charge in [-0.05, 0) is 34.5 Å². The van der Waals surface area contributed by atoms with Gasteiger partial charge in [-0.2, -0.15) is 0 Å². The summed E-state index contributed by atoms with van der Waals surface area (Å²) in [5.74, 6) is 0.401. The Morgan fingerprint density at radius 3 is 3.05 bits per heavy atom. The molecule has 96 valence electrons. The van der Waals surface area contributed by atoms with E-state index in [9.17, 15) is 4.39 Å². The van der Waals surface area contributed by atoms with Gasteiger partial charge in [-0.25, -0.2) is 14.4 Å². The summed E-state index contributed by atoms with van der Waals surface area (Å²) in [4.78, 5) is 8.40. The maximum Gasteiger partial charge on any atom is 0.264 e. The van der Waals surface area contributed by atoms with E-state index in [1.807, 2.05) is 6.92 Å². The third-order valence-corrected chi connectivity index (χ3v) is 3.05. The van der Waals surface area contributed by atoms with Crippen molar-refractivity contribution in [3.63, 3.8) is 0 Å². The van der Waals surface area contributed by atoms with Crippen molar-refractivity contribution in [2.24, 2.45) is 0 Å². The molecule has 1 aromatic carbocycles. The van der Waals surface area contributed by atoms with Crippen LogP contribution >= 0.6 is 15.9 Å². The van der Waals surface area contributed by atoms with E-state index in [0.29, 0.717) is 21.9 Å². The minimum atomic E-state index is -0.352. The fourth-order valence-electron chi connectivity index (χ4n) is 1.73. The molecule has 6 heteroatoms. The zero-order valence-corrected chi connectivity index (χ0v) is 11.6. The molecule has 0 atom stereocenters. The number of ether oxygens (including phenoxy) is 1. The molecule has 0 aliphatic rings. The van der Waals surface area contributed by atoms with E-state index in [2.05, 4.69) is 25.9 Å². The third kappa shape index (κ3) is 2.31. The van der Waals surface area contributed by atoms with Crippen molar-refractivity contribution in [3.05, 3.63) is 52.8 Å². The number of hydrogen-bond donors (Lipinski definition) is 0. The van der Waals surface area contributed by atoms with Crippen LogP contribution in [0.15, 0.2) is 41.4 Å². The summed E-state index contributed by atoms with van der Waals surface area (Å²) < 4.78 is 21.3. The van der Waals surface area contributed by atoms with Crippen molar-refractivity contribution < 1.29 is 9.13 Å². The zero-order valence-electron chi connectivity index (χ0n) is 9.97. The Hall–Kier alpha value is -1.95. The van der Waals surface area contributed by atoms with Gasteiger partial charge < -0.3 is 4.74 Å². The first-order chi connectivity index (χ1) is 9.13. The van der Waals surface area contributed by atoms with E-state index in [1.54, 1.807) is 29.1 Å². The van der Waals surface area contributed by atoms with Crippen LogP contribution in [-0.2, 0) is 0 Å². The third-order valence-electron chi connectivity index (χ3n) is 2.67. The van der Waals surface area contributed by atoms with Gasteiger partial charge in [0, 0.05) is 24.7 Å². The quantitative estimate of drug-likeness (QED) is 0.722. The molecule has 3 rings (SSSR count). The van der Waals surface area contributed by atoms with Crippen molar-refractivity contribution in [3.8, 4) is 11.6 Å². The Morgan fingerprint density at radius 1 is 1.37 bits per heavy atom. The molecule has 0 N–H and O–H groups in total. The highest BCUT2D eigenvalue weighted by Gasteiger charge is 2.11. The van der Waals surface area contributed by atoms with Crippen molar-refractivity contribution in [2.45, 2.75) is 6.92 Å². The molecule has 0 bridgehead atoms. The van der Waals surface area contributed by atoms with Crippen molar-refractivity contribution in [1.29, 1.82) is 0 Å². The topological polar surface area (TPSA) is 39.4 Å². The standard InChI is InChI=1S/C13H9BrFN3O/c1-8-2-3-9(15)6-10(8)19-13-12-16-4-5-18(12)7-11(14)17-13/h2-7H,1H3. The highest BCUT2D eigenvalue weighted by molar-refractivity contribution is 9.10. The smallest absolute Gasteiger partial charge is 0.264 e. The van der Waals surface area contributed by atoms with Gasteiger partial charge in [-0.15, -0.1) is 0 Å². The molecule has 2 heterocycles. The molecular formula is C13H9BrFN3O. The van der Waals surface area contributed by atoms with E-state index in [0.717, 1.165) is 5.56 Å². The SMILES string of the molecule is Cc1ccc(F)cc1Oc1nc(Br)cn2ccnc12. The Labute approximate surface area is 117 Å². The molecule has 0 fully saturated rings. The number of benzene rings is 1. The average molecular weight is 322 g/mol. The largest absolute Gasteiger partial charge is 0.435 e. The van der Waals surface area contributed by atoms with Crippen molar-refractivity contribution >= 4 is 21.6 Å². The van der Waals surface area contributed by atoms with E-state index in [-0.39, 0.29) is 5.82 Å². The number of aryl methyl sites for hydroxylation is 1. The van der Waals surface area contributed by atoms with Gasteiger partial charge in [-0.1, -0.05) is 6.07 Å². The minimum absolute atomic E-state index is 0.327. The van der Waals surface area contributed by atoms with Crippen LogP contribution in [0.25, 0.3) is 5.65 Å². The molecule has 0 aliphatic carbocycles. The molecule has 0 amide bonds. The summed E-state index contributed by atoms with van der Waals surface area (Å²) in [7, 11) is 0. The minimum Gasteiger partial charge on any atom is -0.435 e. The van der Waals surface area contributed by atoms with Gasteiger partial charge in [0.15, 0.2) is 0 Å². The summed E-state index contributed by atoms with van der Waals surface area (Å²) in [6.07, 6.45) is 5.20. The lowest BCUT2D eigenvalue weighted by molar-refractivity contribution is 0.455. The van der Waals surface area contributed by atoms with Crippen LogP contribution in [-0.4, -0.2) is 14.4 Å². The second-order valence-corrected chi connectivity index (χ2v) is 4.85. The first-order valence-electron chi connectivity index (χ1n) is 5.57. The average Bonchev–Trinajstić information content (AvgIpc) is 2.82. The van der Waals surface area contributed by atoms with Crippen LogP contribution in [0.3, 0.4) is 0 Å². The molecule has 0 saturated carbocycles. The van der Waals surface area contributed by atoms with Gasteiger partial charge in [-0.3, -0.25) is 4.40 Å². The number of imidazole rings is 1. The lowest BCUT2D eigenvalue weighted by atomic mass is 10.2.